The molecule has 3 atom stereocenters. The molecule has 0 saturated carbocycles. The second-order valence-corrected chi connectivity index (χ2v) is 5.62. The second kappa shape index (κ2) is 7.31. The van der Waals surface area contributed by atoms with Crippen molar-refractivity contribution in [3.8, 4) is 0 Å². The molecule has 0 bridgehead atoms. The zero-order valence-electron chi connectivity index (χ0n) is 12.9. The van der Waals surface area contributed by atoms with Crippen LogP contribution in [0.4, 0.5) is 4.39 Å². The predicted molar refractivity (Wildman–Crippen MR) is 78.7 cm³/mol. The summed E-state index contributed by atoms with van der Waals surface area (Å²) in [6.07, 6.45) is 0.0608. The maximum atomic E-state index is 13.5. The molecule has 1 aromatic carbocycles. The first-order chi connectivity index (χ1) is 10.0. The van der Waals surface area contributed by atoms with Crippen LogP contribution in [0, 0.1) is 12.7 Å². The third-order valence-corrected chi connectivity index (χ3v) is 4.20. The lowest BCUT2D eigenvalue weighted by Crippen LogP contribution is -2.27. The van der Waals surface area contributed by atoms with Gasteiger partial charge >= 0.3 is 0 Å². The summed E-state index contributed by atoms with van der Waals surface area (Å²) in [7, 11) is 3.37. The minimum atomic E-state index is -0.650. The van der Waals surface area contributed by atoms with Crippen molar-refractivity contribution in [2.75, 3.05) is 33.9 Å². The van der Waals surface area contributed by atoms with Crippen molar-refractivity contribution in [1.82, 2.24) is 4.90 Å². The van der Waals surface area contributed by atoms with Gasteiger partial charge in [0.2, 0.25) is 0 Å². The van der Waals surface area contributed by atoms with E-state index in [0.717, 1.165) is 19.6 Å². The van der Waals surface area contributed by atoms with Gasteiger partial charge in [-0.25, -0.2) is 4.39 Å². The Balaban J connectivity index is 1.86. The van der Waals surface area contributed by atoms with E-state index < -0.39 is 6.10 Å². The highest BCUT2D eigenvalue weighted by Crippen LogP contribution is 2.22. The smallest absolute Gasteiger partial charge is 0.126 e. The monoisotopic (exact) mass is 297 g/mol. The van der Waals surface area contributed by atoms with Gasteiger partial charge in [-0.2, -0.15) is 0 Å². The number of ether oxygens (including phenoxy) is 2. The third kappa shape index (κ3) is 4.01. The molecule has 21 heavy (non-hydrogen) atoms. The highest BCUT2D eigenvalue weighted by atomic mass is 19.1. The van der Waals surface area contributed by atoms with Crippen LogP contribution in [0.3, 0.4) is 0 Å². The van der Waals surface area contributed by atoms with Crippen LogP contribution < -0.4 is 0 Å². The van der Waals surface area contributed by atoms with Crippen LogP contribution in [0.1, 0.15) is 23.7 Å². The number of hydrogen-bond acceptors (Lipinski definition) is 4. The van der Waals surface area contributed by atoms with E-state index in [-0.39, 0.29) is 18.0 Å². The van der Waals surface area contributed by atoms with Gasteiger partial charge in [-0.3, -0.25) is 4.90 Å². The number of benzene rings is 1. The van der Waals surface area contributed by atoms with Gasteiger partial charge in [0.25, 0.3) is 0 Å². The van der Waals surface area contributed by atoms with Gasteiger partial charge in [0.1, 0.15) is 5.82 Å². The number of aliphatic hydroxyl groups excluding tert-OH is 1. The fourth-order valence-electron chi connectivity index (χ4n) is 2.74. The molecule has 0 amide bonds. The predicted octanol–water partition coefficient (Wildman–Crippen LogP) is 1.90. The number of hydrogen-bond donors (Lipinski definition) is 1. The minimum Gasteiger partial charge on any atom is -0.388 e. The Hall–Kier alpha value is -1.01. The van der Waals surface area contributed by atoms with Gasteiger partial charge in [-0.15, -0.1) is 0 Å². The van der Waals surface area contributed by atoms with Crippen LogP contribution in [0.5, 0.6) is 0 Å². The zero-order chi connectivity index (χ0) is 15.4. The van der Waals surface area contributed by atoms with E-state index >= 15 is 0 Å². The Morgan fingerprint density at radius 3 is 2.43 bits per heavy atom. The SMILES string of the molecule is COC1CN(CCC(O)c2ccc(C)c(F)c2)CC1OC. The van der Waals surface area contributed by atoms with E-state index in [9.17, 15) is 9.50 Å². The number of nitrogens with zero attached hydrogens (tertiary/aromatic N) is 1. The van der Waals surface area contributed by atoms with Gasteiger partial charge < -0.3 is 14.6 Å². The molecule has 5 heteroatoms. The normalized spacial score (nSPS) is 24.4. The molecule has 1 saturated heterocycles. The quantitative estimate of drug-likeness (QED) is 0.871. The van der Waals surface area contributed by atoms with Gasteiger partial charge in [-0.05, 0) is 30.5 Å². The molecule has 118 valence electrons. The number of aryl methyl sites for hydroxylation is 1. The molecule has 1 aromatic rings. The first-order valence-electron chi connectivity index (χ1n) is 7.27. The van der Waals surface area contributed by atoms with Crippen LogP contribution >= 0.6 is 0 Å². The highest BCUT2D eigenvalue weighted by Gasteiger charge is 2.32. The van der Waals surface area contributed by atoms with E-state index in [0.29, 0.717) is 17.5 Å². The molecule has 4 nitrogen and oxygen atoms in total. The fraction of sp³-hybridized carbons (Fsp3) is 0.625. The number of rotatable bonds is 6. The standard InChI is InChI=1S/C16H24FNO3/c1-11-4-5-12(8-13(11)17)14(19)6-7-18-9-15(20-2)16(10-18)21-3/h4-5,8,14-16,19H,6-7,9-10H2,1-3H3. The summed E-state index contributed by atoms with van der Waals surface area (Å²) >= 11 is 0. The average molecular weight is 297 g/mol. The van der Waals surface area contributed by atoms with E-state index in [1.165, 1.54) is 6.07 Å². The van der Waals surface area contributed by atoms with Crippen LogP contribution in [0.15, 0.2) is 18.2 Å². The number of likely N-dealkylation sites (tertiary alicyclic amines) is 1. The van der Waals surface area contributed by atoms with Crippen LogP contribution in [0.25, 0.3) is 0 Å². The Morgan fingerprint density at radius 1 is 1.29 bits per heavy atom. The Morgan fingerprint density at radius 2 is 1.90 bits per heavy atom. The Kier molecular flexibility index (Phi) is 5.70. The first-order valence-corrected chi connectivity index (χ1v) is 7.27. The molecule has 0 radical (unpaired) electrons. The summed E-state index contributed by atoms with van der Waals surface area (Å²) in [5, 5.41) is 10.2. The fourth-order valence-corrected chi connectivity index (χ4v) is 2.74. The topological polar surface area (TPSA) is 41.9 Å². The lowest BCUT2D eigenvalue weighted by Gasteiger charge is -2.18. The molecular formula is C16H24FNO3. The van der Waals surface area contributed by atoms with Crippen molar-refractivity contribution < 1.29 is 19.0 Å². The number of halogens is 1. The van der Waals surface area contributed by atoms with Crippen molar-refractivity contribution in [2.45, 2.75) is 31.7 Å². The molecule has 1 fully saturated rings. The van der Waals surface area contributed by atoms with Crippen LogP contribution in [-0.2, 0) is 9.47 Å². The van der Waals surface area contributed by atoms with E-state index in [4.69, 9.17) is 9.47 Å². The summed E-state index contributed by atoms with van der Waals surface area (Å²) < 4.78 is 24.3. The Bertz CT molecular complexity index is 457. The largest absolute Gasteiger partial charge is 0.388 e. The van der Waals surface area contributed by atoms with Gasteiger partial charge in [0.05, 0.1) is 18.3 Å². The van der Waals surface area contributed by atoms with Crippen molar-refractivity contribution >= 4 is 0 Å². The molecule has 0 aliphatic carbocycles. The van der Waals surface area contributed by atoms with E-state index in [1.807, 2.05) is 0 Å². The van der Waals surface area contributed by atoms with Gasteiger partial charge in [-0.1, -0.05) is 12.1 Å². The third-order valence-electron chi connectivity index (χ3n) is 4.20. The summed E-state index contributed by atoms with van der Waals surface area (Å²) in [6, 6.07) is 4.90. The van der Waals surface area contributed by atoms with Crippen molar-refractivity contribution in [1.29, 1.82) is 0 Å². The molecule has 3 unspecified atom stereocenters. The summed E-state index contributed by atoms with van der Waals surface area (Å²) in [4.78, 5) is 2.20. The van der Waals surface area contributed by atoms with E-state index in [2.05, 4.69) is 4.90 Å². The van der Waals surface area contributed by atoms with Crippen molar-refractivity contribution in [3.63, 3.8) is 0 Å². The molecule has 1 aliphatic rings. The van der Waals surface area contributed by atoms with Gasteiger partial charge in [0.15, 0.2) is 0 Å². The first kappa shape index (κ1) is 16.4. The number of methoxy groups -OCH3 is 2. The average Bonchev–Trinajstić information content (AvgIpc) is 2.90. The molecule has 1 aliphatic heterocycles. The minimum absolute atomic E-state index is 0.0731. The molecule has 2 rings (SSSR count). The molecule has 0 aromatic heterocycles. The molecule has 1 N–H and O–H groups in total. The summed E-state index contributed by atoms with van der Waals surface area (Å²) in [5.41, 5.74) is 1.22. The lowest BCUT2D eigenvalue weighted by atomic mass is 10.0. The molecule has 0 spiro atoms. The lowest BCUT2D eigenvalue weighted by molar-refractivity contribution is -0.00461. The summed E-state index contributed by atoms with van der Waals surface area (Å²) in [5.74, 6) is -0.272. The maximum absolute atomic E-state index is 13.5. The molecular weight excluding hydrogens is 273 g/mol. The molecule has 1 heterocycles. The summed E-state index contributed by atoms with van der Waals surface area (Å²) in [6.45, 7) is 4.04. The van der Waals surface area contributed by atoms with Gasteiger partial charge in [0, 0.05) is 33.9 Å². The Labute approximate surface area is 125 Å². The van der Waals surface area contributed by atoms with Crippen molar-refractivity contribution in [3.05, 3.63) is 35.1 Å². The van der Waals surface area contributed by atoms with Crippen LogP contribution in [-0.4, -0.2) is 56.1 Å². The van der Waals surface area contributed by atoms with Crippen molar-refractivity contribution in [2.24, 2.45) is 0 Å². The number of aliphatic hydroxyl groups is 1. The van der Waals surface area contributed by atoms with Crippen LogP contribution in [0.2, 0.25) is 0 Å². The zero-order valence-corrected chi connectivity index (χ0v) is 12.9. The highest BCUT2D eigenvalue weighted by molar-refractivity contribution is 5.24. The maximum Gasteiger partial charge on any atom is 0.126 e. The second-order valence-electron chi connectivity index (χ2n) is 5.62. The van der Waals surface area contributed by atoms with E-state index in [1.54, 1.807) is 33.3 Å².